The second kappa shape index (κ2) is 23.1. The van der Waals surface area contributed by atoms with Crippen LogP contribution in [0, 0.1) is 0 Å². The van der Waals surface area contributed by atoms with Gasteiger partial charge in [-0.25, -0.2) is 4.79 Å². The summed E-state index contributed by atoms with van der Waals surface area (Å²) in [6, 6.07) is 58.6. The van der Waals surface area contributed by atoms with Crippen LogP contribution in [-0.4, -0.2) is 52.4 Å². The molecule has 2 fully saturated rings. The van der Waals surface area contributed by atoms with Gasteiger partial charge >= 0.3 is 12.0 Å². The SMILES string of the molecule is COc1ccc(O)cc1.Nc1cccc2cccc(N)c12.O=C1N[C@@H]2[C@@H](CS[C@@H]2CCCCC(=O)Oc2ccc(C3Nc4cccc5cccc(c45)N3)cc2)N1.Oc1ccc(C2Nc3cccc4cccc(c34)N2)cc1. The smallest absolute Gasteiger partial charge is 0.315 e. The van der Waals surface area contributed by atoms with Gasteiger partial charge in [0, 0.05) is 67.7 Å². The quantitative estimate of drug-likeness (QED) is 0.0214. The Kier molecular flexibility index (Phi) is 15.4. The van der Waals surface area contributed by atoms with E-state index in [-0.39, 0.29) is 47.9 Å². The second-order valence-corrected chi connectivity index (χ2v) is 20.1. The van der Waals surface area contributed by atoms with Crippen molar-refractivity contribution in [3.05, 3.63) is 193 Å². The summed E-state index contributed by atoms with van der Waals surface area (Å²) in [5, 5.41) is 45.6. The summed E-state index contributed by atoms with van der Waals surface area (Å²) in [5.74, 6) is 2.61. The fourth-order valence-corrected chi connectivity index (χ4v) is 11.6. The zero-order chi connectivity index (χ0) is 52.5. The number of rotatable bonds is 9. The summed E-state index contributed by atoms with van der Waals surface area (Å²) in [4.78, 5) is 23.8. The molecule has 13 rings (SSSR count). The van der Waals surface area contributed by atoms with E-state index < -0.39 is 0 Å². The minimum Gasteiger partial charge on any atom is -0.508 e. The van der Waals surface area contributed by atoms with Crippen LogP contribution >= 0.6 is 11.8 Å². The molecular weight excluding hydrogens is 973 g/mol. The molecule has 0 spiro atoms. The predicted octanol–water partition coefficient (Wildman–Crippen LogP) is 12.5. The van der Waals surface area contributed by atoms with Gasteiger partial charge in [0.05, 0.1) is 19.2 Å². The number of nitrogen functional groups attached to an aromatic ring is 2. The number of phenols is 2. The lowest BCUT2D eigenvalue weighted by molar-refractivity contribution is -0.134. The van der Waals surface area contributed by atoms with Gasteiger partial charge in [-0.2, -0.15) is 11.8 Å². The van der Waals surface area contributed by atoms with Gasteiger partial charge in [-0.1, -0.05) is 103 Å². The summed E-state index contributed by atoms with van der Waals surface area (Å²) in [7, 11) is 1.59. The second-order valence-electron chi connectivity index (χ2n) is 18.9. The van der Waals surface area contributed by atoms with E-state index in [4.69, 9.17) is 26.0 Å². The number of nitrogens with one attached hydrogen (secondary N) is 6. The number of amides is 2. The molecule has 0 unspecified atom stereocenters. The normalized spacial score (nSPS) is 16.8. The molecule has 0 aromatic heterocycles. The van der Waals surface area contributed by atoms with Crippen molar-refractivity contribution < 1.29 is 29.3 Å². The van der Waals surface area contributed by atoms with Crippen molar-refractivity contribution in [2.45, 2.75) is 55.3 Å². The van der Waals surface area contributed by atoms with Crippen LogP contribution in [0.15, 0.2) is 182 Å². The predicted molar refractivity (Wildman–Crippen MR) is 309 cm³/mol. The summed E-state index contributed by atoms with van der Waals surface area (Å²) >= 11 is 1.90. The molecule has 386 valence electrons. The highest BCUT2D eigenvalue weighted by Gasteiger charge is 2.42. The van der Waals surface area contributed by atoms with Crippen LogP contribution in [0.2, 0.25) is 0 Å². The Morgan fingerprint density at radius 2 is 0.974 bits per heavy atom. The van der Waals surface area contributed by atoms with E-state index in [0.717, 1.165) is 86.8 Å². The number of methoxy groups -OCH3 is 1. The highest BCUT2D eigenvalue weighted by Crippen LogP contribution is 2.40. The number of phenolic OH excluding ortho intramolecular Hbond substituents is 2. The van der Waals surface area contributed by atoms with E-state index in [1.165, 1.54) is 21.5 Å². The molecule has 0 aliphatic carbocycles. The average Bonchev–Trinajstić information content (AvgIpc) is 4.00. The first kappa shape index (κ1) is 50.6. The first-order chi connectivity index (χ1) is 37.1. The zero-order valence-corrected chi connectivity index (χ0v) is 42.6. The van der Waals surface area contributed by atoms with Crippen LogP contribution in [0.3, 0.4) is 0 Å². The van der Waals surface area contributed by atoms with E-state index in [9.17, 15) is 14.7 Å². The van der Waals surface area contributed by atoms with Gasteiger partial charge < -0.3 is 63.1 Å². The number of benzene rings is 9. The monoisotopic (exact) mass is 1030 g/mol. The third-order valence-electron chi connectivity index (χ3n) is 13.8. The standard InChI is InChI=1S/C27H28N4O3S.C17H14N2O.C10H10N2.C7H8O2/c32-23(10-2-1-9-22-25-21(15-35-22)30-27(33)31-25)34-18-13-11-17(12-14-18)26-28-19-7-3-5-16-6-4-8-20(29-26)24(16)19;20-13-9-7-12(8-10-13)17-18-14-5-1-3-11-4-2-6-15(19-17)16(11)14;11-8-5-1-3-7-4-2-6-9(12)10(7)8;1-9-7-4-2-6(8)3-5-7/h3-8,11-14,21-22,25-26,28-29H,1-2,9-10,15H2,(H2,30,31,33);1-10,17-20H;1-6H,11-12H2;2-5,8H,1H3/t21-,22-,25-;;;/m1.../s1. The van der Waals surface area contributed by atoms with Gasteiger partial charge in [-0.05, 0) is 125 Å². The highest BCUT2D eigenvalue weighted by atomic mass is 32.2. The molecule has 4 aliphatic heterocycles. The molecule has 4 heterocycles. The topological polar surface area (TPSA) is 217 Å². The summed E-state index contributed by atoms with van der Waals surface area (Å²) < 4.78 is 10.4. The molecule has 12 N–H and O–H groups in total. The Bertz CT molecular complexity index is 3370. The van der Waals surface area contributed by atoms with E-state index in [2.05, 4.69) is 105 Å². The van der Waals surface area contributed by atoms with E-state index in [1.54, 1.807) is 43.5 Å². The molecule has 2 amide bonds. The summed E-state index contributed by atoms with van der Waals surface area (Å²) in [6.07, 6.45) is 3.06. The van der Waals surface area contributed by atoms with E-state index in [0.29, 0.717) is 17.4 Å². The molecule has 0 radical (unpaired) electrons. The van der Waals surface area contributed by atoms with E-state index in [1.807, 2.05) is 84.6 Å². The van der Waals surface area contributed by atoms with Crippen molar-refractivity contribution in [2.75, 3.05) is 45.6 Å². The molecular formula is C61H60N8O6S. The zero-order valence-electron chi connectivity index (χ0n) is 41.8. The van der Waals surface area contributed by atoms with E-state index >= 15 is 0 Å². The first-order valence-corrected chi connectivity index (χ1v) is 26.4. The number of carbonyl (C=O) groups excluding carboxylic acids is 2. The van der Waals surface area contributed by atoms with Gasteiger partial charge in [0.15, 0.2) is 0 Å². The van der Waals surface area contributed by atoms with Crippen LogP contribution in [0.5, 0.6) is 23.0 Å². The van der Waals surface area contributed by atoms with Crippen LogP contribution in [0.4, 0.5) is 38.9 Å². The number of hydrogen-bond donors (Lipinski definition) is 10. The maximum atomic E-state index is 12.3. The highest BCUT2D eigenvalue weighted by molar-refractivity contribution is 8.00. The van der Waals surface area contributed by atoms with Crippen molar-refractivity contribution in [3.63, 3.8) is 0 Å². The third kappa shape index (κ3) is 11.7. The van der Waals surface area contributed by atoms with Crippen molar-refractivity contribution >= 4 is 90.2 Å². The first-order valence-electron chi connectivity index (χ1n) is 25.3. The van der Waals surface area contributed by atoms with Gasteiger partial charge in [-0.15, -0.1) is 0 Å². The molecule has 15 heteroatoms. The number of urea groups is 1. The number of nitrogens with two attached hydrogens (primary N) is 2. The molecule has 14 nitrogen and oxygen atoms in total. The molecule has 2 saturated heterocycles. The Labute approximate surface area is 445 Å². The third-order valence-corrected chi connectivity index (χ3v) is 15.3. The molecule has 9 aromatic carbocycles. The molecule has 3 atom stereocenters. The number of aromatic hydroxyl groups is 2. The minimum atomic E-state index is -0.208. The fraction of sp³-hybridized carbons (Fsp3) is 0.180. The number of ether oxygens (including phenoxy) is 2. The van der Waals surface area contributed by atoms with Gasteiger partial charge in [0.1, 0.15) is 35.3 Å². The fourth-order valence-electron chi connectivity index (χ4n) is 10.0. The number of thioether (sulfide) groups is 1. The van der Waals surface area contributed by atoms with Crippen LogP contribution in [-0.2, 0) is 4.79 Å². The van der Waals surface area contributed by atoms with Gasteiger partial charge in [0.25, 0.3) is 0 Å². The Hall–Kier alpha value is -8.95. The minimum absolute atomic E-state index is 0.0103. The number of unbranched alkanes of at least 4 members (excludes halogenated alkanes) is 1. The lowest BCUT2D eigenvalue weighted by atomic mass is 10.0. The lowest BCUT2D eigenvalue weighted by Crippen LogP contribution is -2.36. The lowest BCUT2D eigenvalue weighted by Gasteiger charge is -2.29. The molecule has 0 saturated carbocycles. The number of carbonyl (C=O) groups is 2. The Morgan fingerprint density at radius 1 is 0.539 bits per heavy atom. The van der Waals surface area contributed by atoms with Crippen LogP contribution < -0.4 is 52.8 Å². The Balaban J connectivity index is 0.000000133. The van der Waals surface area contributed by atoms with Crippen molar-refractivity contribution in [2.24, 2.45) is 0 Å². The number of esters is 1. The number of hydrogen-bond acceptors (Lipinski definition) is 13. The summed E-state index contributed by atoms with van der Waals surface area (Å²) in [6.45, 7) is 0. The number of fused-ring (bicyclic) bond motifs is 2. The number of anilines is 6. The maximum Gasteiger partial charge on any atom is 0.315 e. The van der Waals surface area contributed by atoms with Gasteiger partial charge in [0.2, 0.25) is 0 Å². The largest absolute Gasteiger partial charge is 0.508 e. The molecule has 4 aliphatic rings. The van der Waals surface area contributed by atoms with Crippen molar-refractivity contribution in [3.8, 4) is 23.0 Å². The van der Waals surface area contributed by atoms with Gasteiger partial charge in [-0.3, -0.25) is 4.79 Å². The summed E-state index contributed by atoms with van der Waals surface area (Å²) in [5.41, 5.74) is 19.7. The average molecular weight is 1030 g/mol. The van der Waals surface area contributed by atoms with Crippen LogP contribution in [0.1, 0.15) is 49.1 Å². The Morgan fingerprint density at radius 3 is 1.45 bits per heavy atom. The molecule has 0 bridgehead atoms. The van der Waals surface area contributed by atoms with Crippen molar-refractivity contribution in [1.29, 1.82) is 0 Å². The molecule has 9 aromatic rings. The maximum absolute atomic E-state index is 12.3. The molecule has 76 heavy (non-hydrogen) atoms. The van der Waals surface area contributed by atoms with Crippen LogP contribution in [0.25, 0.3) is 32.3 Å². The van der Waals surface area contributed by atoms with Crippen molar-refractivity contribution in [1.82, 2.24) is 10.6 Å².